The Kier molecular flexibility index (Phi) is 5.76. The van der Waals surface area contributed by atoms with Gasteiger partial charge in [0.1, 0.15) is 9.88 Å². The van der Waals surface area contributed by atoms with Crippen molar-refractivity contribution < 1.29 is 14.3 Å². The molecular weight excluding hydrogens is 420 g/mol. The highest BCUT2D eigenvalue weighted by atomic mass is 32.1. The first-order valence-corrected chi connectivity index (χ1v) is 11.6. The first-order valence-electron chi connectivity index (χ1n) is 10.0. The molecule has 0 unspecified atom stereocenters. The van der Waals surface area contributed by atoms with Gasteiger partial charge < -0.3 is 19.3 Å². The van der Waals surface area contributed by atoms with Crippen LogP contribution in [0.2, 0.25) is 0 Å². The van der Waals surface area contributed by atoms with E-state index in [9.17, 15) is 4.79 Å². The number of ether oxygens (including phenoxy) is 2. The first-order chi connectivity index (χ1) is 14.8. The molecule has 2 aliphatic heterocycles. The summed E-state index contributed by atoms with van der Waals surface area (Å²) in [5.41, 5.74) is 0.680. The van der Waals surface area contributed by atoms with Crippen molar-refractivity contribution >= 4 is 39.4 Å². The van der Waals surface area contributed by atoms with Crippen molar-refractivity contribution in [1.82, 2.24) is 9.97 Å². The first kappa shape index (κ1) is 19.6. The van der Waals surface area contributed by atoms with Crippen LogP contribution in [0.15, 0.2) is 36.5 Å². The molecule has 3 aromatic rings. The van der Waals surface area contributed by atoms with Gasteiger partial charge in [0.05, 0.1) is 31.3 Å². The maximum Gasteiger partial charge on any atom is 0.204 e. The number of carbonyl (C=O) groups is 1. The molecule has 30 heavy (non-hydrogen) atoms. The molecule has 1 aromatic carbocycles. The smallest absolute Gasteiger partial charge is 0.204 e. The number of thiazole rings is 2. The molecule has 9 heteroatoms. The van der Waals surface area contributed by atoms with Gasteiger partial charge in [-0.05, 0) is 0 Å². The van der Waals surface area contributed by atoms with Crippen molar-refractivity contribution in [3.63, 3.8) is 0 Å². The molecule has 0 atom stereocenters. The van der Waals surface area contributed by atoms with Crippen LogP contribution in [0.1, 0.15) is 15.2 Å². The number of nitrogens with zero attached hydrogens (tertiary/aromatic N) is 4. The van der Waals surface area contributed by atoms with Gasteiger partial charge in [-0.2, -0.15) is 0 Å². The number of anilines is 2. The van der Waals surface area contributed by atoms with Crippen molar-refractivity contribution in [2.45, 2.75) is 0 Å². The quantitative estimate of drug-likeness (QED) is 0.562. The summed E-state index contributed by atoms with van der Waals surface area (Å²) in [6, 6.07) is 9.34. The predicted molar refractivity (Wildman–Crippen MR) is 119 cm³/mol. The zero-order valence-corrected chi connectivity index (χ0v) is 18.1. The molecule has 0 N–H and O–H groups in total. The Balaban J connectivity index is 1.48. The molecule has 2 fully saturated rings. The second-order valence-corrected chi connectivity index (χ2v) is 9.08. The lowest BCUT2D eigenvalue weighted by molar-refractivity contribution is 0.104. The van der Waals surface area contributed by atoms with Crippen LogP contribution < -0.4 is 9.80 Å². The predicted octanol–water partition coefficient (Wildman–Crippen LogP) is 3.17. The molecule has 2 aromatic heterocycles. The van der Waals surface area contributed by atoms with E-state index in [1.807, 2.05) is 30.3 Å². The lowest BCUT2D eigenvalue weighted by atomic mass is 10.1. The molecule has 7 nitrogen and oxygen atoms in total. The molecule has 5 rings (SSSR count). The van der Waals surface area contributed by atoms with E-state index in [1.165, 1.54) is 11.3 Å². The SMILES string of the molecule is O=C(c1ccccc1)c1cnc(-c2sc(N3CCOCC3)nc2N2CCOCC2)s1. The number of benzene rings is 1. The van der Waals surface area contributed by atoms with E-state index in [-0.39, 0.29) is 5.78 Å². The topological polar surface area (TPSA) is 67.8 Å². The Morgan fingerprint density at radius 3 is 2.27 bits per heavy atom. The van der Waals surface area contributed by atoms with E-state index >= 15 is 0 Å². The Morgan fingerprint density at radius 1 is 0.900 bits per heavy atom. The maximum absolute atomic E-state index is 12.8. The molecule has 0 radical (unpaired) electrons. The molecule has 156 valence electrons. The van der Waals surface area contributed by atoms with E-state index in [0.717, 1.165) is 60.2 Å². The van der Waals surface area contributed by atoms with E-state index in [4.69, 9.17) is 14.5 Å². The molecule has 2 aliphatic rings. The Labute approximate surface area is 182 Å². The highest BCUT2D eigenvalue weighted by Crippen LogP contribution is 2.42. The summed E-state index contributed by atoms with van der Waals surface area (Å²) >= 11 is 3.08. The van der Waals surface area contributed by atoms with E-state index in [1.54, 1.807) is 17.5 Å². The van der Waals surface area contributed by atoms with Crippen molar-refractivity contribution in [2.24, 2.45) is 0 Å². The van der Waals surface area contributed by atoms with Gasteiger partial charge in [-0.15, -0.1) is 11.3 Å². The fourth-order valence-corrected chi connectivity index (χ4v) is 5.63. The average molecular weight is 443 g/mol. The van der Waals surface area contributed by atoms with E-state index in [2.05, 4.69) is 14.8 Å². The van der Waals surface area contributed by atoms with Gasteiger partial charge in [-0.25, -0.2) is 9.97 Å². The van der Waals surface area contributed by atoms with Crippen LogP contribution in [-0.2, 0) is 9.47 Å². The number of aromatic nitrogens is 2. The molecule has 0 saturated carbocycles. The van der Waals surface area contributed by atoms with Gasteiger partial charge in [-0.3, -0.25) is 4.79 Å². The minimum Gasteiger partial charge on any atom is -0.378 e. The summed E-state index contributed by atoms with van der Waals surface area (Å²) in [6.07, 6.45) is 1.69. The maximum atomic E-state index is 12.8. The zero-order valence-electron chi connectivity index (χ0n) is 16.5. The third-order valence-corrected chi connectivity index (χ3v) is 7.40. The molecular formula is C21H22N4O3S2. The van der Waals surface area contributed by atoms with E-state index in [0.29, 0.717) is 23.7 Å². The van der Waals surface area contributed by atoms with Crippen LogP contribution in [0.4, 0.5) is 10.9 Å². The van der Waals surface area contributed by atoms with E-state index < -0.39 is 0 Å². The Morgan fingerprint density at radius 2 is 1.57 bits per heavy atom. The summed E-state index contributed by atoms with van der Waals surface area (Å²) in [6.45, 7) is 6.11. The highest BCUT2D eigenvalue weighted by molar-refractivity contribution is 7.24. The van der Waals surface area contributed by atoms with Crippen LogP contribution in [0.3, 0.4) is 0 Å². The third kappa shape index (κ3) is 3.98. The fraction of sp³-hybridized carbons (Fsp3) is 0.381. The molecule has 0 aliphatic carbocycles. The summed E-state index contributed by atoms with van der Waals surface area (Å²) < 4.78 is 11.0. The van der Waals surface area contributed by atoms with Crippen LogP contribution in [0.25, 0.3) is 9.88 Å². The van der Waals surface area contributed by atoms with Crippen molar-refractivity contribution in [3.8, 4) is 9.88 Å². The number of hydrogen-bond donors (Lipinski definition) is 0. The molecule has 2 saturated heterocycles. The van der Waals surface area contributed by atoms with Gasteiger partial charge in [0, 0.05) is 37.9 Å². The van der Waals surface area contributed by atoms with Gasteiger partial charge in [0.15, 0.2) is 10.9 Å². The van der Waals surface area contributed by atoms with Crippen LogP contribution in [0.5, 0.6) is 0 Å². The van der Waals surface area contributed by atoms with Gasteiger partial charge in [0.2, 0.25) is 5.78 Å². The van der Waals surface area contributed by atoms with Crippen molar-refractivity contribution in [1.29, 1.82) is 0 Å². The highest BCUT2D eigenvalue weighted by Gasteiger charge is 2.26. The molecule has 0 amide bonds. The number of hydrogen-bond acceptors (Lipinski definition) is 9. The fourth-order valence-electron chi connectivity index (χ4n) is 3.54. The lowest BCUT2D eigenvalue weighted by Gasteiger charge is -2.28. The summed E-state index contributed by atoms with van der Waals surface area (Å²) in [4.78, 5) is 28.6. The minimum absolute atomic E-state index is 0.00481. The lowest BCUT2D eigenvalue weighted by Crippen LogP contribution is -2.37. The second kappa shape index (κ2) is 8.81. The van der Waals surface area contributed by atoms with Crippen LogP contribution >= 0.6 is 22.7 Å². The normalized spacial score (nSPS) is 17.3. The largest absolute Gasteiger partial charge is 0.378 e. The number of morpholine rings is 2. The number of carbonyl (C=O) groups excluding carboxylic acids is 1. The van der Waals surface area contributed by atoms with Gasteiger partial charge in [-0.1, -0.05) is 41.7 Å². The molecule has 0 bridgehead atoms. The number of ketones is 1. The molecule has 0 spiro atoms. The van der Waals surface area contributed by atoms with Crippen molar-refractivity contribution in [2.75, 3.05) is 62.4 Å². The summed E-state index contributed by atoms with van der Waals surface area (Å²) in [5, 5.41) is 1.83. The van der Waals surface area contributed by atoms with Gasteiger partial charge in [0.25, 0.3) is 0 Å². The zero-order chi connectivity index (χ0) is 20.3. The van der Waals surface area contributed by atoms with Crippen molar-refractivity contribution in [3.05, 3.63) is 47.0 Å². The minimum atomic E-state index is 0.00481. The Hall–Kier alpha value is -2.33. The van der Waals surface area contributed by atoms with Gasteiger partial charge >= 0.3 is 0 Å². The monoisotopic (exact) mass is 442 g/mol. The van der Waals surface area contributed by atoms with Crippen LogP contribution in [0, 0.1) is 0 Å². The van der Waals surface area contributed by atoms with Crippen LogP contribution in [-0.4, -0.2) is 68.4 Å². The Bertz CT molecular complexity index is 1010. The number of rotatable bonds is 5. The summed E-state index contributed by atoms with van der Waals surface area (Å²) in [7, 11) is 0. The standard InChI is InChI=1S/C21H22N4O3S2/c26-17(15-4-2-1-3-5-15)16-14-22-20(29-16)18-19(24-6-10-27-11-7-24)23-21(30-18)25-8-12-28-13-9-25/h1-5,14H,6-13H2. The summed E-state index contributed by atoms with van der Waals surface area (Å²) in [5.74, 6) is 0.947. The molecule has 4 heterocycles. The third-order valence-electron chi connectivity index (χ3n) is 5.15. The average Bonchev–Trinajstić information content (AvgIpc) is 3.48. The second-order valence-electron chi connectivity index (χ2n) is 7.07.